The van der Waals surface area contributed by atoms with Crippen LogP contribution in [0.25, 0.3) is 0 Å². The van der Waals surface area contributed by atoms with Gasteiger partial charge in [0.1, 0.15) is 12.4 Å². The van der Waals surface area contributed by atoms with Crippen LogP contribution in [0.1, 0.15) is 5.56 Å². The molecule has 3 radical (unpaired) electrons. The number of hydrogen-bond acceptors (Lipinski definition) is 1. The van der Waals surface area contributed by atoms with Crippen molar-refractivity contribution >= 4 is 15.4 Å². The van der Waals surface area contributed by atoms with Crippen molar-refractivity contribution in [2.45, 2.75) is 0 Å². The van der Waals surface area contributed by atoms with E-state index in [2.05, 4.69) is 22.7 Å². The SMILES string of the molecule is C#Cc1cc(OCC=C)ccc1[Si]. The number of rotatable bonds is 3. The second-order valence-electron chi connectivity index (χ2n) is 2.45. The van der Waals surface area contributed by atoms with Crippen LogP contribution in [0.2, 0.25) is 0 Å². The highest BCUT2D eigenvalue weighted by Crippen LogP contribution is 2.10. The maximum Gasteiger partial charge on any atom is 0.121 e. The van der Waals surface area contributed by atoms with E-state index in [0.29, 0.717) is 6.61 Å². The van der Waals surface area contributed by atoms with Crippen molar-refractivity contribution < 1.29 is 4.74 Å². The smallest absolute Gasteiger partial charge is 0.121 e. The summed E-state index contributed by atoms with van der Waals surface area (Å²) in [4.78, 5) is 0. The molecule has 0 amide bonds. The average Bonchev–Trinajstić information content (AvgIpc) is 2.16. The first-order valence-electron chi connectivity index (χ1n) is 3.84. The Morgan fingerprint density at radius 3 is 3.00 bits per heavy atom. The van der Waals surface area contributed by atoms with Crippen LogP contribution in [-0.2, 0) is 0 Å². The fraction of sp³-hybridized carbons (Fsp3) is 0.0909. The summed E-state index contributed by atoms with van der Waals surface area (Å²) in [7, 11) is 3.39. The third-order valence-corrected chi connectivity index (χ3v) is 1.95. The van der Waals surface area contributed by atoms with E-state index in [1.165, 1.54) is 0 Å². The molecule has 0 fully saturated rings. The fourth-order valence-corrected chi connectivity index (χ4v) is 1.12. The lowest BCUT2D eigenvalue weighted by atomic mass is 10.2. The quantitative estimate of drug-likeness (QED) is 0.388. The number of hydrogen-bond donors (Lipinski definition) is 0. The Labute approximate surface area is 81.9 Å². The Bertz CT molecular complexity index is 350. The molecule has 0 saturated heterocycles. The summed E-state index contributed by atoms with van der Waals surface area (Å²) in [6.45, 7) is 4.05. The minimum Gasteiger partial charge on any atom is -0.490 e. The third kappa shape index (κ3) is 2.50. The standard InChI is InChI=1S/C11H9OSi/c1-3-7-12-10-5-6-11(13)9(4-2)8-10/h2-3,5-6,8H,1,7H2. The van der Waals surface area contributed by atoms with E-state index in [1.807, 2.05) is 18.2 Å². The van der Waals surface area contributed by atoms with E-state index < -0.39 is 0 Å². The van der Waals surface area contributed by atoms with Crippen LogP contribution in [0.5, 0.6) is 5.75 Å². The van der Waals surface area contributed by atoms with Gasteiger partial charge in [-0.1, -0.05) is 29.8 Å². The van der Waals surface area contributed by atoms with Gasteiger partial charge in [0.05, 0.1) is 10.2 Å². The van der Waals surface area contributed by atoms with E-state index in [1.54, 1.807) is 6.08 Å². The van der Waals surface area contributed by atoms with E-state index in [4.69, 9.17) is 11.2 Å². The number of benzene rings is 1. The average molecular weight is 185 g/mol. The molecule has 0 bridgehead atoms. The first kappa shape index (κ1) is 9.62. The number of terminal acetylenes is 1. The van der Waals surface area contributed by atoms with Gasteiger partial charge in [-0.15, -0.1) is 6.42 Å². The van der Waals surface area contributed by atoms with Crippen LogP contribution >= 0.6 is 0 Å². The van der Waals surface area contributed by atoms with Gasteiger partial charge in [0.2, 0.25) is 0 Å². The van der Waals surface area contributed by atoms with E-state index in [-0.39, 0.29) is 0 Å². The zero-order chi connectivity index (χ0) is 9.68. The topological polar surface area (TPSA) is 9.23 Å². The molecule has 0 N–H and O–H groups in total. The van der Waals surface area contributed by atoms with Gasteiger partial charge in [-0.2, -0.15) is 0 Å². The predicted molar refractivity (Wildman–Crippen MR) is 55.5 cm³/mol. The largest absolute Gasteiger partial charge is 0.490 e. The fourth-order valence-electron chi connectivity index (χ4n) is 0.888. The van der Waals surface area contributed by atoms with Crippen LogP contribution < -0.4 is 9.92 Å². The Morgan fingerprint density at radius 2 is 2.38 bits per heavy atom. The molecule has 1 nitrogen and oxygen atoms in total. The lowest BCUT2D eigenvalue weighted by Crippen LogP contribution is -2.07. The molecular formula is C11H9OSi. The van der Waals surface area contributed by atoms with Crippen molar-refractivity contribution in [1.29, 1.82) is 0 Å². The van der Waals surface area contributed by atoms with Gasteiger partial charge in [0, 0.05) is 5.56 Å². The molecule has 0 unspecified atom stereocenters. The third-order valence-electron chi connectivity index (χ3n) is 1.51. The molecule has 63 valence electrons. The molecule has 0 atom stereocenters. The van der Waals surface area contributed by atoms with Crippen molar-refractivity contribution in [2.24, 2.45) is 0 Å². The molecule has 1 aromatic carbocycles. The van der Waals surface area contributed by atoms with Gasteiger partial charge < -0.3 is 4.74 Å². The molecule has 0 aromatic heterocycles. The van der Waals surface area contributed by atoms with Crippen molar-refractivity contribution in [3.8, 4) is 18.1 Å². The maximum absolute atomic E-state index is 5.32. The first-order valence-corrected chi connectivity index (χ1v) is 4.34. The Kier molecular flexibility index (Phi) is 3.36. The second kappa shape index (κ2) is 4.54. The van der Waals surface area contributed by atoms with Gasteiger partial charge >= 0.3 is 0 Å². The van der Waals surface area contributed by atoms with Gasteiger partial charge in [0.25, 0.3) is 0 Å². The molecule has 0 saturated carbocycles. The zero-order valence-corrected chi connectivity index (χ0v) is 8.21. The minimum atomic E-state index is 0.491. The molecule has 0 spiro atoms. The molecular weight excluding hydrogens is 176 g/mol. The van der Waals surface area contributed by atoms with Gasteiger partial charge in [-0.3, -0.25) is 0 Å². The Hall–Kier alpha value is -1.46. The molecule has 0 aliphatic carbocycles. The summed E-state index contributed by atoms with van der Waals surface area (Å²) in [5, 5.41) is 0.897. The summed E-state index contributed by atoms with van der Waals surface area (Å²) in [5.74, 6) is 3.32. The van der Waals surface area contributed by atoms with Gasteiger partial charge in [0.15, 0.2) is 0 Å². The Morgan fingerprint density at radius 1 is 1.62 bits per heavy atom. The molecule has 0 heterocycles. The maximum atomic E-state index is 5.32. The lowest BCUT2D eigenvalue weighted by molar-refractivity contribution is 0.363. The van der Waals surface area contributed by atoms with Gasteiger partial charge in [-0.25, -0.2) is 0 Å². The molecule has 2 heteroatoms. The predicted octanol–water partition coefficient (Wildman–Crippen LogP) is 1.03. The normalized spacial score (nSPS) is 8.92. The minimum absolute atomic E-state index is 0.491. The van der Waals surface area contributed by atoms with Crippen LogP contribution in [0.4, 0.5) is 0 Å². The highest BCUT2D eigenvalue weighted by Gasteiger charge is 1.97. The van der Waals surface area contributed by atoms with Gasteiger partial charge in [-0.05, 0) is 12.1 Å². The summed E-state index contributed by atoms with van der Waals surface area (Å²) < 4.78 is 5.32. The monoisotopic (exact) mass is 185 g/mol. The number of ether oxygens (including phenoxy) is 1. The molecule has 1 rings (SSSR count). The molecule has 0 aliphatic heterocycles. The lowest BCUT2D eigenvalue weighted by Gasteiger charge is -2.04. The van der Waals surface area contributed by atoms with Crippen LogP contribution in [-0.4, -0.2) is 16.8 Å². The molecule has 13 heavy (non-hydrogen) atoms. The van der Waals surface area contributed by atoms with E-state index in [9.17, 15) is 0 Å². The summed E-state index contributed by atoms with van der Waals surface area (Å²) in [6, 6.07) is 5.53. The van der Waals surface area contributed by atoms with Crippen molar-refractivity contribution in [1.82, 2.24) is 0 Å². The van der Waals surface area contributed by atoms with Crippen LogP contribution in [0.15, 0.2) is 30.9 Å². The first-order chi connectivity index (χ1) is 6.27. The Balaban J connectivity index is 2.87. The van der Waals surface area contributed by atoms with Crippen molar-refractivity contribution in [3.63, 3.8) is 0 Å². The highest BCUT2D eigenvalue weighted by atomic mass is 28.1. The summed E-state index contributed by atoms with van der Waals surface area (Å²) in [6.07, 6.45) is 6.98. The summed E-state index contributed by atoms with van der Waals surface area (Å²) in [5.41, 5.74) is 0.790. The molecule has 1 aromatic rings. The van der Waals surface area contributed by atoms with E-state index in [0.717, 1.165) is 16.5 Å². The highest BCUT2D eigenvalue weighted by molar-refractivity contribution is 6.33. The summed E-state index contributed by atoms with van der Waals surface area (Å²) >= 11 is 0. The van der Waals surface area contributed by atoms with Crippen LogP contribution in [0.3, 0.4) is 0 Å². The van der Waals surface area contributed by atoms with E-state index >= 15 is 0 Å². The molecule has 0 aliphatic rings. The zero-order valence-electron chi connectivity index (χ0n) is 7.21. The second-order valence-corrected chi connectivity index (χ2v) is 2.99. The van der Waals surface area contributed by atoms with Crippen molar-refractivity contribution in [3.05, 3.63) is 36.4 Å². The van der Waals surface area contributed by atoms with Crippen molar-refractivity contribution in [2.75, 3.05) is 6.61 Å². The van der Waals surface area contributed by atoms with Crippen LogP contribution in [0, 0.1) is 12.3 Å².